The minimum Gasteiger partial charge on any atom is -0.309 e. The van der Waals surface area contributed by atoms with E-state index < -0.39 is 0 Å². The number of hydrogen-bond donors (Lipinski definition) is 2. The molecular formula is C20H22N4O2S. The molecular weight excluding hydrogens is 360 g/mol. The number of nitrogens with zero attached hydrogens (tertiary/aromatic N) is 2. The lowest BCUT2D eigenvalue weighted by atomic mass is 10.0. The Morgan fingerprint density at radius 3 is 2.67 bits per heavy atom. The van der Waals surface area contributed by atoms with Crippen molar-refractivity contribution in [1.29, 1.82) is 0 Å². The molecule has 0 aliphatic heterocycles. The third kappa shape index (κ3) is 3.98. The maximum atomic E-state index is 12.3. The molecule has 0 spiro atoms. The van der Waals surface area contributed by atoms with E-state index >= 15 is 0 Å². The second-order valence-corrected chi connectivity index (χ2v) is 7.89. The number of carbonyl (C=O) groups excluding carboxylic acids is 1. The third-order valence-electron chi connectivity index (χ3n) is 4.69. The highest BCUT2D eigenvalue weighted by Gasteiger charge is 2.13. The van der Waals surface area contributed by atoms with Crippen LogP contribution in [0.5, 0.6) is 0 Å². The van der Waals surface area contributed by atoms with Crippen LogP contribution in [0.25, 0.3) is 10.2 Å². The average molecular weight is 382 g/mol. The number of H-pyrrole nitrogens is 1. The maximum absolute atomic E-state index is 12.3. The molecule has 0 atom stereocenters. The summed E-state index contributed by atoms with van der Waals surface area (Å²) in [6.45, 7) is 9.79. The highest BCUT2D eigenvalue weighted by molar-refractivity contribution is 7.18. The number of rotatable bonds is 4. The van der Waals surface area contributed by atoms with Crippen LogP contribution >= 0.6 is 11.3 Å². The lowest BCUT2D eigenvalue weighted by Crippen LogP contribution is -2.24. The van der Waals surface area contributed by atoms with Crippen LogP contribution < -0.4 is 11.0 Å². The minimum absolute atomic E-state index is 0.0368. The van der Waals surface area contributed by atoms with Gasteiger partial charge >= 0.3 is 0 Å². The lowest BCUT2D eigenvalue weighted by molar-refractivity contribution is -0.120. The van der Waals surface area contributed by atoms with Gasteiger partial charge in [-0.3, -0.25) is 9.59 Å². The van der Waals surface area contributed by atoms with Crippen LogP contribution in [0.15, 0.2) is 28.1 Å². The molecule has 7 heteroatoms. The average Bonchev–Trinajstić information content (AvgIpc) is 2.89. The Labute approximate surface area is 161 Å². The van der Waals surface area contributed by atoms with Gasteiger partial charge in [-0.25, -0.2) is 10.4 Å². The van der Waals surface area contributed by atoms with Crippen LogP contribution in [-0.4, -0.2) is 21.6 Å². The molecule has 2 aromatic heterocycles. The zero-order chi connectivity index (χ0) is 19.7. The summed E-state index contributed by atoms with van der Waals surface area (Å²) < 4.78 is 0. The summed E-state index contributed by atoms with van der Waals surface area (Å²) in [7, 11) is 0. The van der Waals surface area contributed by atoms with E-state index in [4.69, 9.17) is 0 Å². The fourth-order valence-corrected chi connectivity index (χ4v) is 3.80. The summed E-state index contributed by atoms with van der Waals surface area (Å²) in [5.41, 5.74) is 7.32. The molecule has 0 fully saturated rings. The van der Waals surface area contributed by atoms with Crippen LogP contribution in [0.3, 0.4) is 0 Å². The molecule has 0 saturated carbocycles. The topological polar surface area (TPSA) is 87.2 Å². The summed E-state index contributed by atoms with van der Waals surface area (Å²) >= 11 is 1.46. The van der Waals surface area contributed by atoms with Crippen LogP contribution in [0.4, 0.5) is 0 Å². The number of aryl methyl sites for hydroxylation is 4. The summed E-state index contributed by atoms with van der Waals surface area (Å²) in [6.07, 6.45) is -0.0368. The summed E-state index contributed by atoms with van der Waals surface area (Å²) in [6, 6.07) is 6.04. The zero-order valence-electron chi connectivity index (χ0n) is 16.1. The van der Waals surface area contributed by atoms with Gasteiger partial charge in [-0.2, -0.15) is 5.10 Å². The van der Waals surface area contributed by atoms with Gasteiger partial charge in [-0.1, -0.05) is 12.1 Å². The Hall–Kier alpha value is -2.80. The predicted molar refractivity (Wildman–Crippen MR) is 110 cm³/mol. The van der Waals surface area contributed by atoms with Gasteiger partial charge in [0, 0.05) is 4.88 Å². The Kier molecular flexibility index (Phi) is 5.23. The number of fused-ring (bicyclic) bond motifs is 1. The number of aromatic nitrogens is 2. The molecule has 0 unspecified atom stereocenters. The molecule has 0 aliphatic rings. The second-order valence-electron chi connectivity index (χ2n) is 6.68. The van der Waals surface area contributed by atoms with Gasteiger partial charge in [0.05, 0.1) is 17.5 Å². The molecule has 2 heterocycles. The Morgan fingerprint density at radius 2 is 1.96 bits per heavy atom. The molecule has 3 aromatic rings. The van der Waals surface area contributed by atoms with Crippen LogP contribution in [-0.2, 0) is 11.2 Å². The van der Waals surface area contributed by atoms with E-state index in [1.54, 1.807) is 0 Å². The molecule has 6 nitrogen and oxygen atoms in total. The normalized spacial score (nSPS) is 11.8. The molecule has 1 aromatic carbocycles. The number of amides is 1. The summed E-state index contributed by atoms with van der Waals surface area (Å²) in [5.74, 6) is 0.0102. The third-order valence-corrected chi connectivity index (χ3v) is 5.79. The number of hydrogen-bond acceptors (Lipinski definition) is 5. The Balaban J connectivity index is 1.74. The molecule has 0 saturated heterocycles. The Bertz CT molecular complexity index is 1120. The first kappa shape index (κ1) is 19.0. The van der Waals surface area contributed by atoms with Crippen molar-refractivity contribution in [3.8, 4) is 0 Å². The second kappa shape index (κ2) is 7.44. The van der Waals surface area contributed by atoms with Crippen molar-refractivity contribution in [3.63, 3.8) is 0 Å². The van der Waals surface area contributed by atoms with E-state index in [1.165, 1.54) is 22.5 Å². The number of benzene rings is 1. The predicted octanol–water partition coefficient (Wildman–Crippen LogP) is 3.30. The lowest BCUT2D eigenvalue weighted by Gasteiger charge is -2.06. The molecule has 0 radical (unpaired) electrons. The van der Waals surface area contributed by atoms with E-state index in [2.05, 4.69) is 27.4 Å². The first-order valence-corrected chi connectivity index (χ1v) is 9.47. The van der Waals surface area contributed by atoms with Crippen molar-refractivity contribution >= 4 is 33.2 Å². The zero-order valence-corrected chi connectivity index (χ0v) is 16.9. The van der Waals surface area contributed by atoms with Crippen molar-refractivity contribution in [2.24, 2.45) is 5.10 Å². The van der Waals surface area contributed by atoms with Crippen molar-refractivity contribution in [2.75, 3.05) is 0 Å². The number of aromatic amines is 1. The SMILES string of the molecule is C/C(=N\NC(=O)Cc1nc2sc(C)c(C)c2c(=O)[nH]1)c1ccc(C)c(C)c1. The minimum atomic E-state index is -0.328. The fourth-order valence-electron chi connectivity index (χ4n) is 2.75. The smallest absolute Gasteiger partial charge is 0.259 e. The largest absolute Gasteiger partial charge is 0.309 e. The number of thiophene rings is 1. The van der Waals surface area contributed by atoms with E-state index in [1.807, 2.05) is 45.9 Å². The quantitative estimate of drug-likeness (QED) is 0.536. The van der Waals surface area contributed by atoms with Crippen molar-refractivity contribution in [1.82, 2.24) is 15.4 Å². The maximum Gasteiger partial charge on any atom is 0.259 e. The first-order chi connectivity index (χ1) is 12.8. The molecule has 27 heavy (non-hydrogen) atoms. The number of carbonyl (C=O) groups is 1. The van der Waals surface area contributed by atoms with E-state index in [0.717, 1.165) is 16.0 Å². The molecule has 0 bridgehead atoms. The van der Waals surface area contributed by atoms with Crippen molar-refractivity contribution < 1.29 is 4.79 Å². The summed E-state index contributed by atoms with van der Waals surface area (Å²) in [5, 5.41) is 4.77. The molecule has 140 valence electrons. The molecule has 1 amide bonds. The van der Waals surface area contributed by atoms with Crippen molar-refractivity contribution in [3.05, 3.63) is 61.5 Å². The van der Waals surface area contributed by atoms with Gasteiger partial charge in [-0.05, 0) is 62.9 Å². The molecule has 3 rings (SSSR count). The standard InChI is InChI=1S/C20H22N4O2S/c1-10-6-7-15(8-11(10)2)13(4)23-24-17(25)9-16-21-19(26)18-12(3)14(5)27-20(18)22-16/h6-8H,9H2,1-5H3,(H,24,25)(H,21,22,26)/b23-13+. The Morgan fingerprint density at radius 1 is 1.22 bits per heavy atom. The van der Waals surface area contributed by atoms with E-state index in [9.17, 15) is 9.59 Å². The molecule has 0 aliphatic carbocycles. The van der Waals surface area contributed by atoms with Gasteiger partial charge < -0.3 is 4.98 Å². The highest BCUT2D eigenvalue weighted by Crippen LogP contribution is 2.25. The highest BCUT2D eigenvalue weighted by atomic mass is 32.1. The fraction of sp³-hybridized carbons (Fsp3) is 0.300. The van der Waals surface area contributed by atoms with Gasteiger partial charge in [-0.15, -0.1) is 11.3 Å². The van der Waals surface area contributed by atoms with Gasteiger partial charge in [0.15, 0.2) is 0 Å². The monoisotopic (exact) mass is 382 g/mol. The van der Waals surface area contributed by atoms with E-state index in [-0.39, 0.29) is 17.9 Å². The van der Waals surface area contributed by atoms with Gasteiger partial charge in [0.1, 0.15) is 10.7 Å². The first-order valence-electron chi connectivity index (χ1n) is 8.66. The number of nitrogens with one attached hydrogen (secondary N) is 2. The van der Waals surface area contributed by atoms with Crippen LogP contribution in [0, 0.1) is 27.7 Å². The van der Waals surface area contributed by atoms with E-state index in [0.29, 0.717) is 21.8 Å². The van der Waals surface area contributed by atoms with Crippen LogP contribution in [0.1, 0.15) is 39.9 Å². The summed E-state index contributed by atoms with van der Waals surface area (Å²) in [4.78, 5) is 33.3. The van der Waals surface area contributed by atoms with Gasteiger partial charge in [0.25, 0.3) is 5.56 Å². The van der Waals surface area contributed by atoms with Crippen molar-refractivity contribution in [2.45, 2.75) is 41.0 Å². The number of hydrazone groups is 1. The van der Waals surface area contributed by atoms with Gasteiger partial charge in [0.2, 0.25) is 5.91 Å². The van der Waals surface area contributed by atoms with Crippen LogP contribution in [0.2, 0.25) is 0 Å². The molecule has 2 N–H and O–H groups in total.